The van der Waals surface area contributed by atoms with E-state index in [1.165, 1.54) is 0 Å². The van der Waals surface area contributed by atoms with Gasteiger partial charge in [0.15, 0.2) is 0 Å². The third kappa shape index (κ3) is 4.81. The van der Waals surface area contributed by atoms with Gasteiger partial charge in [-0.3, -0.25) is 0 Å². The van der Waals surface area contributed by atoms with Gasteiger partial charge in [-0.05, 0) is 43.7 Å². The number of urea groups is 1. The van der Waals surface area contributed by atoms with E-state index in [1.807, 2.05) is 68.4 Å². The van der Waals surface area contributed by atoms with Gasteiger partial charge in [0.05, 0.1) is 6.10 Å². The fraction of sp³-hybridized carbons (Fsp3) is 0.278. The first kappa shape index (κ1) is 15.9. The van der Waals surface area contributed by atoms with Crippen LogP contribution in [0.3, 0.4) is 0 Å². The fourth-order valence-corrected chi connectivity index (χ4v) is 2.04. The molecule has 0 radical (unpaired) electrons. The Labute approximate surface area is 131 Å². The van der Waals surface area contributed by atoms with Gasteiger partial charge in [-0.2, -0.15) is 0 Å². The SMILES string of the molecule is CC(C)Oc1ccc(NC(=O)N(C)Cc2ccccc2)cc1. The van der Waals surface area contributed by atoms with Gasteiger partial charge in [0.1, 0.15) is 5.75 Å². The van der Waals surface area contributed by atoms with E-state index < -0.39 is 0 Å². The van der Waals surface area contributed by atoms with Gasteiger partial charge in [0.25, 0.3) is 0 Å². The number of anilines is 1. The van der Waals surface area contributed by atoms with Crippen molar-refractivity contribution in [3.8, 4) is 5.75 Å². The lowest BCUT2D eigenvalue weighted by Crippen LogP contribution is -2.30. The Morgan fingerprint density at radius 1 is 1.09 bits per heavy atom. The second-order valence-corrected chi connectivity index (χ2v) is 5.46. The molecule has 1 N–H and O–H groups in total. The second kappa shape index (κ2) is 7.50. The van der Waals surface area contributed by atoms with Crippen molar-refractivity contribution in [3.63, 3.8) is 0 Å². The van der Waals surface area contributed by atoms with E-state index in [2.05, 4.69) is 5.32 Å². The van der Waals surface area contributed by atoms with Crippen LogP contribution in [-0.2, 0) is 6.54 Å². The van der Waals surface area contributed by atoms with Crippen LogP contribution in [-0.4, -0.2) is 24.1 Å². The summed E-state index contributed by atoms with van der Waals surface area (Å²) in [6.07, 6.45) is 0.137. The standard InChI is InChI=1S/C18H22N2O2/c1-14(2)22-17-11-9-16(10-12-17)19-18(21)20(3)13-15-7-5-4-6-8-15/h4-12,14H,13H2,1-3H3,(H,19,21). The highest BCUT2D eigenvalue weighted by Crippen LogP contribution is 2.17. The van der Waals surface area contributed by atoms with Crippen molar-refractivity contribution in [3.05, 3.63) is 60.2 Å². The Morgan fingerprint density at radius 2 is 1.73 bits per heavy atom. The summed E-state index contributed by atoms with van der Waals surface area (Å²) in [5.41, 5.74) is 1.85. The van der Waals surface area contributed by atoms with E-state index in [-0.39, 0.29) is 12.1 Å². The van der Waals surface area contributed by atoms with E-state index in [0.717, 1.165) is 17.0 Å². The molecule has 0 aromatic heterocycles. The highest BCUT2D eigenvalue weighted by molar-refractivity contribution is 5.89. The zero-order chi connectivity index (χ0) is 15.9. The molecule has 4 heteroatoms. The van der Waals surface area contributed by atoms with Crippen molar-refractivity contribution in [2.24, 2.45) is 0 Å². The molecule has 0 aliphatic rings. The normalized spacial score (nSPS) is 10.4. The number of carbonyl (C=O) groups excluding carboxylic acids is 1. The van der Waals surface area contributed by atoms with Crippen molar-refractivity contribution in [1.29, 1.82) is 0 Å². The average Bonchev–Trinajstić information content (AvgIpc) is 2.49. The minimum atomic E-state index is -0.138. The summed E-state index contributed by atoms with van der Waals surface area (Å²) in [6, 6.07) is 17.1. The van der Waals surface area contributed by atoms with Crippen LogP contribution in [0, 0.1) is 0 Å². The molecule has 0 aliphatic heterocycles. The average molecular weight is 298 g/mol. The minimum absolute atomic E-state index is 0.137. The number of ether oxygens (including phenoxy) is 1. The number of amides is 2. The highest BCUT2D eigenvalue weighted by atomic mass is 16.5. The Balaban J connectivity index is 1.90. The molecule has 0 unspecified atom stereocenters. The molecule has 2 amide bonds. The van der Waals surface area contributed by atoms with Crippen molar-refractivity contribution >= 4 is 11.7 Å². The van der Waals surface area contributed by atoms with Crippen molar-refractivity contribution in [2.45, 2.75) is 26.5 Å². The van der Waals surface area contributed by atoms with Gasteiger partial charge in [-0.25, -0.2) is 4.79 Å². The number of nitrogens with zero attached hydrogens (tertiary/aromatic N) is 1. The third-order valence-electron chi connectivity index (χ3n) is 3.09. The van der Waals surface area contributed by atoms with Gasteiger partial charge in [0.2, 0.25) is 0 Å². The van der Waals surface area contributed by atoms with E-state index >= 15 is 0 Å². The van der Waals surface area contributed by atoms with Gasteiger partial charge >= 0.3 is 6.03 Å². The van der Waals surface area contributed by atoms with E-state index in [9.17, 15) is 4.79 Å². The summed E-state index contributed by atoms with van der Waals surface area (Å²) in [5, 5.41) is 2.87. The van der Waals surface area contributed by atoms with Gasteiger partial charge < -0.3 is 15.0 Å². The third-order valence-corrected chi connectivity index (χ3v) is 3.09. The smallest absolute Gasteiger partial charge is 0.321 e. The van der Waals surface area contributed by atoms with E-state index in [1.54, 1.807) is 11.9 Å². The Hall–Kier alpha value is -2.49. The molecular formula is C18H22N2O2. The predicted molar refractivity (Wildman–Crippen MR) is 89.1 cm³/mol. The van der Waals surface area contributed by atoms with Gasteiger partial charge in [-0.15, -0.1) is 0 Å². The lowest BCUT2D eigenvalue weighted by Gasteiger charge is -2.18. The molecule has 0 saturated carbocycles. The van der Waals surface area contributed by atoms with E-state index in [4.69, 9.17) is 4.74 Å². The molecule has 0 saturated heterocycles. The molecule has 4 nitrogen and oxygen atoms in total. The Kier molecular flexibility index (Phi) is 5.42. The number of carbonyl (C=O) groups is 1. The van der Waals surface area contributed by atoms with Crippen molar-refractivity contribution < 1.29 is 9.53 Å². The fourth-order valence-electron chi connectivity index (χ4n) is 2.04. The maximum Gasteiger partial charge on any atom is 0.321 e. The van der Waals surface area contributed by atoms with Gasteiger partial charge in [0, 0.05) is 19.3 Å². The summed E-state index contributed by atoms with van der Waals surface area (Å²) in [6.45, 7) is 4.53. The summed E-state index contributed by atoms with van der Waals surface area (Å²) in [5.74, 6) is 0.797. The van der Waals surface area contributed by atoms with Gasteiger partial charge in [-0.1, -0.05) is 30.3 Å². The summed E-state index contributed by atoms with van der Waals surface area (Å²) < 4.78 is 5.58. The monoisotopic (exact) mass is 298 g/mol. The highest BCUT2D eigenvalue weighted by Gasteiger charge is 2.09. The first-order chi connectivity index (χ1) is 10.5. The van der Waals surface area contributed by atoms with E-state index in [0.29, 0.717) is 6.54 Å². The number of hydrogen-bond acceptors (Lipinski definition) is 2. The molecule has 2 aromatic carbocycles. The molecule has 2 rings (SSSR count). The molecule has 0 spiro atoms. The first-order valence-electron chi connectivity index (χ1n) is 7.37. The molecule has 0 fully saturated rings. The molecule has 0 aliphatic carbocycles. The molecular weight excluding hydrogens is 276 g/mol. The molecule has 0 atom stereocenters. The minimum Gasteiger partial charge on any atom is -0.491 e. The topological polar surface area (TPSA) is 41.6 Å². The van der Waals surface area contributed by atoms with Crippen LogP contribution in [0.25, 0.3) is 0 Å². The number of hydrogen-bond donors (Lipinski definition) is 1. The lowest BCUT2D eigenvalue weighted by molar-refractivity contribution is 0.220. The van der Waals surface area contributed by atoms with Crippen LogP contribution in [0.1, 0.15) is 19.4 Å². The zero-order valence-electron chi connectivity index (χ0n) is 13.2. The van der Waals surface area contributed by atoms with Crippen LogP contribution in [0.5, 0.6) is 5.75 Å². The number of nitrogens with one attached hydrogen (secondary N) is 1. The largest absolute Gasteiger partial charge is 0.491 e. The van der Waals surface area contributed by atoms with Crippen LogP contribution in [0.4, 0.5) is 10.5 Å². The maximum atomic E-state index is 12.2. The summed E-state index contributed by atoms with van der Waals surface area (Å²) >= 11 is 0. The van der Waals surface area contributed by atoms with Crippen LogP contribution < -0.4 is 10.1 Å². The molecule has 0 heterocycles. The van der Waals surface area contributed by atoms with Crippen molar-refractivity contribution in [1.82, 2.24) is 4.90 Å². The summed E-state index contributed by atoms with van der Waals surface area (Å²) in [4.78, 5) is 13.8. The van der Waals surface area contributed by atoms with Crippen molar-refractivity contribution in [2.75, 3.05) is 12.4 Å². The maximum absolute atomic E-state index is 12.2. The number of rotatable bonds is 5. The van der Waals surface area contributed by atoms with Crippen LogP contribution >= 0.6 is 0 Å². The van der Waals surface area contributed by atoms with Crippen LogP contribution in [0.15, 0.2) is 54.6 Å². The molecule has 22 heavy (non-hydrogen) atoms. The Morgan fingerprint density at radius 3 is 2.32 bits per heavy atom. The quantitative estimate of drug-likeness (QED) is 0.901. The Bertz CT molecular complexity index is 594. The zero-order valence-corrected chi connectivity index (χ0v) is 13.2. The molecule has 116 valence electrons. The second-order valence-electron chi connectivity index (χ2n) is 5.46. The number of benzene rings is 2. The predicted octanol–water partition coefficient (Wildman–Crippen LogP) is 4.14. The van der Waals surface area contributed by atoms with Crippen LogP contribution in [0.2, 0.25) is 0 Å². The lowest BCUT2D eigenvalue weighted by atomic mass is 10.2. The molecule has 0 bridgehead atoms. The summed E-state index contributed by atoms with van der Waals surface area (Å²) in [7, 11) is 1.78. The molecule has 2 aromatic rings. The first-order valence-corrected chi connectivity index (χ1v) is 7.37.